The lowest BCUT2D eigenvalue weighted by molar-refractivity contribution is -0.0106. The second kappa shape index (κ2) is 7.29. The first-order valence-electron chi connectivity index (χ1n) is 7.32. The van der Waals surface area contributed by atoms with Gasteiger partial charge in [0.2, 0.25) is 0 Å². The van der Waals surface area contributed by atoms with Crippen LogP contribution in [0, 0.1) is 6.54 Å². The van der Waals surface area contributed by atoms with Crippen molar-refractivity contribution in [3.63, 3.8) is 0 Å². The van der Waals surface area contributed by atoms with Crippen LogP contribution in [0.3, 0.4) is 0 Å². The zero-order chi connectivity index (χ0) is 11.1. The summed E-state index contributed by atoms with van der Waals surface area (Å²) in [6.07, 6.45) is 14.0. The van der Waals surface area contributed by atoms with Gasteiger partial charge in [0, 0.05) is 26.2 Å². The Hall–Kier alpha value is -0.0800. The summed E-state index contributed by atoms with van der Waals surface area (Å²) in [4.78, 5) is 0. The van der Waals surface area contributed by atoms with Crippen LogP contribution >= 0.6 is 0 Å². The van der Waals surface area contributed by atoms with E-state index in [2.05, 4.69) is 16.6 Å². The van der Waals surface area contributed by atoms with E-state index >= 15 is 0 Å². The van der Waals surface area contributed by atoms with Crippen molar-refractivity contribution in [1.82, 2.24) is 10.0 Å². The number of hydrazine groups is 1. The summed E-state index contributed by atoms with van der Waals surface area (Å²) in [5.41, 5.74) is 0. The van der Waals surface area contributed by atoms with Crippen molar-refractivity contribution < 1.29 is 0 Å². The Labute approximate surface area is 101 Å². The van der Waals surface area contributed by atoms with Crippen LogP contribution in [-0.2, 0) is 0 Å². The van der Waals surface area contributed by atoms with Crippen molar-refractivity contribution in [2.75, 3.05) is 19.6 Å². The standard InChI is InChI=1S/C14H27N2/c1-3-7-11-15(12-8-4-1)16-13-9-5-2-6-10-14-16/h11H,1-10,12-14H2. The van der Waals surface area contributed by atoms with Gasteiger partial charge in [-0.3, -0.25) is 0 Å². The van der Waals surface area contributed by atoms with Crippen LogP contribution in [-0.4, -0.2) is 29.7 Å². The van der Waals surface area contributed by atoms with Gasteiger partial charge in [-0.2, -0.15) is 0 Å². The molecule has 2 heterocycles. The normalized spacial score (nSPS) is 27.8. The fraction of sp³-hybridized carbons (Fsp3) is 0.929. The first kappa shape index (κ1) is 12.4. The molecule has 0 aromatic rings. The van der Waals surface area contributed by atoms with Gasteiger partial charge in [0.15, 0.2) is 0 Å². The summed E-state index contributed by atoms with van der Waals surface area (Å²) in [6, 6.07) is 0. The quantitative estimate of drug-likeness (QED) is 0.670. The summed E-state index contributed by atoms with van der Waals surface area (Å²) >= 11 is 0. The maximum absolute atomic E-state index is 2.62. The molecule has 2 fully saturated rings. The SMILES string of the molecule is [CH]1CCCCCCN1N1CCCCCCC1. The minimum atomic E-state index is 1.26. The predicted octanol–water partition coefficient (Wildman–Crippen LogP) is 3.60. The summed E-state index contributed by atoms with van der Waals surface area (Å²) in [5, 5.41) is 5.16. The molecule has 0 spiro atoms. The average Bonchev–Trinajstić information content (AvgIpc) is 2.18. The van der Waals surface area contributed by atoms with Crippen LogP contribution in [0.5, 0.6) is 0 Å². The molecule has 0 aliphatic carbocycles. The molecule has 0 aromatic heterocycles. The summed E-state index contributed by atoms with van der Waals surface area (Å²) in [6.45, 7) is 6.30. The highest BCUT2D eigenvalue weighted by Gasteiger charge is 2.17. The minimum Gasteiger partial charge on any atom is -0.241 e. The smallest absolute Gasteiger partial charge is 0.0415 e. The van der Waals surface area contributed by atoms with Gasteiger partial charge in [-0.25, -0.2) is 10.0 Å². The minimum absolute atomic E-state index is 1.26. The van der Waals surface area contributed by atoms with Gasteiger partial charge in [-0.15, -0.1) is 0 Å². The first-order chi connectivity index (χ1) is 7.97. The first-order valence-corrected chi connectivity index (χ1v) is 7.32. The molecule has 0 N–H and O–H groups in total. The molecule has 0 saturated carbocycles. The molecule has 2 nitrogen and oxygen atoms in total. The topological polar surface area (TPSA) is 6.48 Å². The lowest BCUT2D eigenvalue weighted by Crippen LogP contribution is -2.43. The molecule has 0 atom stereocenters. The van der Waals surface area contributed by atoms with E-state index in [1.165, 1.54) is 83.8 Å². The van der Waals surface area contributed by atoms with E-state index in [1.54, 1.807) is 0 Å². The molecule has 0 aromatic carbocycles. The van der Waals surface area contributed by atoms with E-state index in [0.29, 0.717) is 0 Å². The molecule has 2 saturated heterocycles. The maximum Gasteiger partial charge on any atom is 0.0415 e. The van der Waals surface area contributed by atoms with Crippen LogP contribution in [0.2, 0.25) is 0 Å². The summed E-state index contributed by atoms with van der Waals surface area (Å²) in [7, 11) is 0. The van der Waals surface area contributed by atoms with Crippen LogP contribution in [0.15, 0.2) is 0 Å². The molecule has 0 amide bonds. The average molecular weight is 223 g/mol. The van der Waals surface area contributed by atoms with E-state index in [1.807, 2.05) is 0 Å². The number of nitrogens with zero attached hydrogens (tertiary/aromatic N) is 2. The molecule has 2 aliphatic rings. The van der Waals surface area contributed by atoms with Crippen LogP contribution in [0.25, 0.3) is 0 Å². The molecular weight excluding hydrogens is 196 g/mol. The van der Waals surface area contributed by atoms with Crippen LogP contribution in [0.4, 0.5) is 0 Å². The van der Waals surface area contributed by atoms with Gasteiger partial charge < -0.3 is 0 Å². The van der Waals surface area contributed by atoms with Crippen LogP contribution < -0.4 is 0 Å². The van der Waals surface area contributed by atoms with E-state index in [9.17, 15) is 0 Å². The summed E-state index contributed by atoms with van der Waals surface area (Å²) in [5.74, 6) is 0. The van der Waals surface area contributed by atoms with Crippen molar-refractivity contribution in [1.29, 1.82) is 0 Å². The Morgan fingerprint density at radius 3 is 1.88 bits per heavy atom. The van der Waals surface area contributed by atoms with Gasteiger partial charge >= 0.3 is 0 Å². The molecule has 16 heavy (non-hydrogen) atoms. The van der Waals surface area contributed by atoms with E-state index < -0.39 is 0 Å². The fourth-order valence-electron chi connectivity index (χ4n) is 2.85. The van der Waals surface area contributed by atoms with Crippen molar-refractivity contribution in [3.8, 4) is 0 Å². The van der Waals surface area contributed by atoms with Gasteiger partial charge in [0.25, 0.3) is 0 Å². The highest BCUT2D eigenvalue weighted by Crippen LogP contribution is 2.18. The molecule has 1 radical (unpaired) electrons. The van der Waals surface area contributed by atoms with E-state index in [-0.39, 0.29) is 0 Å². The van der Waals surface area contributed by atoms with Gasteiger partial charge in [0.05, 0.1) is 0 Å². The maximum atomic E-state index is 2.62. The van der Waals surface area contributed by atoms with Crippen molar-refractivity contribution in [2.24, 2.45) is 0 Å². The van der Waals surface area contributed by atoms with Crippen LogP contribution in [0.1, 0.15) is 64.2 Å². The lowest BCUT2D eigenvalue weighted by Gasteiger charge is -2.36. The Balaban J connectivity index is 1.81. The highest BCUT2D eigenvalue weighted by molar-refractivity contribution is 4.72. The molecule has 0 unspecified atom stereocenters. The lowest BCUT2D eigenvalue weighted by atomic mass is 10.1. The molecule has 93 valence electrons. The summed E-state index contributed by atoms with van der Waals surface area (Å²) < 4.78 is 0. The van der Waals surface area contributed by atoms with E-state index in [0.717, 1.165) is 0 Å². The highest BCUT2D eigenvalue weighted by atomic mass is 15.6. The number of hydrogen-bond donors (Lipinski definition) is 0. The third-order valence-corrected chi connectivity index (χ3v) is 3.88. The third-order valence-electron chi connectivity index (χ3n) is 3.88. The van der Waals surface area contributed by atoms with Gasteiger partial charge in [0.1, 0.15) is 0 Å². The van der Waals surface area contributed by atoms with Gasteiger partial charge in [-0.05, 0) is 25.7 Å². The molecule has 0 bridgehead atoms. The second-order valence-electron chi connectivity index (χ2n) is 5.27. The predicted molar refractivity (Wildman–Crippen MR) is 68.7 cm³/mol. The zero-order valence-corrected chi connectivity index (χ0v) is 10.7. The van der Waals surface area contributed by atoms with Crippen molar-refractivity contribution in [2.45, 2.75) is 64.2 Å². The molecule has 2 heteroatoms. The fourth-order valence-corrected chi connectivity index (χ4v) is 2.85. The Morgan fingerprint density at radius 2 is 1.12 bits per heavy atom. The largest absolute Gasteiger partial charge is 0.241 e. The molecular formula is C14H27N2. The number of hydrogen-bond acceptors (Lipinski definition) is 2. The number of rotatable bonds is 1. The Kier molecular flexibility index (Phi) is 5.64. The molecule has 2 aliphatic heterocycles. The Bertz CT molecular complexity index is 146. The zero-order valence-electron chi connectivity index (χ0n) is 10.7. The Morgan fingerprint density at radius 1 is 0.562 bits per heavy atom. The van der Waals surface area contributed by atoms with Crippen molar-refractivity contribution in [3.05, 3.63) is 6.54 Å². The van der Waals surface area contributed by atoms with Crippen molar-refractivity contribution >= 4 is 0 Å². The van der Waals surface area contributed by atoms with Gasteiger partial charge in [-0.1, -0.05) is 38.5 Å². The second-order valence-corrected chi connectivity index (χ2v) is 5.27. The molecule has 2 rings (SSSR count). The monoisotopic (exact) mass is 223 g/mol. The third kappa shape index (κ3) is 4.06. The van der Waals surface area contributed by atoms with E-state index in [4.69, 9.17) is 0 Å².